The van der Waals surface area contributed by atoms with Crippen LogP contribution in [-0.2, 0) is 0 Å². The smallest absolute Gasteiger partial charge is 0.00204 e. The predicted octanol–water partition coefficient (Wildman–Crippen LogP) is 3.33. The van der Waals surface area contributed by atoms with Crippen molar-refractivity contribution in [2.45, 2.75) is 58.8 Å². The number of rotatable bonds is 5. The summed E-state index contributed by atoms with van der Waals surface area (Å²) in [5, 5.41) is 0. The number of nitrogens with two attached hydrogens (primary N) is 1. The number of hydrogen-bond acceptors (Lipinski definition) is 1. The van der Waals surface area contributed by atoms with Crippen molar-refractivity contribution < 1.29 is 0 Å². The summed E-state index contributed by atoms with van der Waals surface area (Å²) in [5.41, 5.74) is 6.46. The molecule has 1 aliphatic carbocycles. The zero-order valence-electron chi connectivity index (χ0n) is 9.31. The Labute approximate surface area is 83.1 Å². The molecule has 0 aliphatic heterocycles. The molecule has 0 amide bonds. The van der Waals surface area contributed by atoms with Gasteiger partial charge in [0.15, 0.2) is 0 Å². The molecule has 0 aromatic carbocycles. The van der Waals surface area contributed by atoms with Crippen LogP contribution in [0.3, 0.4) is 0 Å². The Morgan fingerprint density at radius 3 is 2.62 bits per heavy atom. The van der Waals surface area contributed by atoms with Gasteiger partial charge in [0.05, 0.1) is 0 Å². The van der Waals surface area contributed by atoms with Crippen LogP contribution >= 0.6 is 0 Å². The Bertz CT molecular complexity index is 144. The van der Waals surface area contributed by atoms with Crippen LogP contribution in [0.25, 0.3) is 0 Å². The van der Waals surface area contributed by atoms with E-state index < -0.39 is 0 Å². The normalized spacial score (nSPS) is 33.9. The Morgan fingerprint density at radius 1 is 1.38 bits per heavy atom. The third-order valence-corrected chi connectivity index (χ3v) is 3.88. The molecule has 13 heavy (non-hydrogen) atoms. The molecule has 0 aromatic rings. The van der Waals surface area contributed by atoms with Gasteiger partial charge in [-0.05, 0) is 43.6 Å². The summed E-state index contributed by atoms with van der Waals surface area (Å²) in [4.78, 5) is 0. The quantitative estimate of drug-likeness (QED) is 0.695. The monoisotopic (exact) mass is 183 g/mol. The molecular weight excluding hydrogens is 158 g/mol. The molecule has 1 aliphatic rings. The molecule has 1 fully saturated rings. The predicted molar refractivity (Wildman–Crippen MR) is 58.6 cm³/mol. The molecule has 0 spiro atoms. The van der Waals surface area contributed by atoms with Gasteiger partial charge in [0.25, 0.3) is 0 Å². The van der Waals surface area contributed by atoms with E-state index in [1.54, 1.807) is 0 Å². The van der Waals surface area contributed by atoms with E-state index in [4.69, 9.17) is 5.73 Å². The van der Waals surface area contributed by atoms with E-state index in [1.165, 1.54) is 44.9 Å². The number of hydrogen-bond donors (Lipinski definition) is 1. The fourth-order valence-electron chi connectivity index (χ4n) is 2.74. The van der Waals surface area contributed by atoms with Crippen LogP contribution < -0.4 is 5.73 Å². The average molecular weight is 183 g/mol. The second kappa shape index (κ2) is 4.99. The first-order chi connectivity index (χ1) is 6.26. The minimum atomic E-state index is 0.538. The minimum absolute atomic E-state index is 0.538. The van der Waals surface area contributed by atoms with Gasteiger partial charge in [-0.25, -0.2) is 0 Å². The van der Waals surface area contributed by atoms with Crippen molar-refractivity contribution in [3.05, 3.63) is 0 Å². The number of unbranched alkanes of at least 4 members (excludes halogenated alkanes) is 1. The van der Waals surface area contributed by atoms with Crippen LogP contribution in [0.5, 0.6) is 0 Å². The average Bonchev–Trinajstić information content (AvgIpc) is 2.59. The molecule has 0 radical (unpaired) electrons. The molecular formula is C12H25N. The molecule has 2 N–H and O–H groups in total. The van der Waals surface area contributed by atoms with E-state index in [0.717, 1.165) is 12.5 Å². The van der Waals surface area contributed by atoms with Gasteiger partial charge in [-0.15, -0.1) is 0 Å². The van der Waals surface area contributed by atoms with E-state index in [2.05, 4.69) is 13.8 Å². The lowest BCUT2D eigenvalue weighted by molar-refractivity contribution is 0.261. The summed E-state index contributed by atoms with van der Waals surface area (Å²) in [6.45, 7) is 5.51. The standard InChI is InChI=1S/C12H25N/c1-3-5-7-12(10-13)8-6-11(4-2)9-12/h11H,3-10,13H2,1-2H3. The lowest BCUT2D eigenvalue weighted by Gasteiger charge is -2.27. The van der Waals surface area contributed by atoms with Crippen molar-refractivity contribution in [2.75, 3.05) is 6.54 Å². The molecule has 78 valence electrons. The second-order valence-electron chi connectivity index (χ2n) is 4.82. The van der Waals surface area contributed by atoms with Crippen LogP contribution in [0.1, 0.15) is 58.8 Å². The van der Waals surface area contributed by atoms with Crippen LogP contribution in [-0.4, -0.2) is 6.54 Å². The van der Waals surface area contributed by atoms with Crippen molar-refractivity contribution >= 4 is 0 Å². The van der Waals surface area contributed by atoms with Gasteiger partial charge in [-0.1, -0.05) is 33.1 Å². The van der Waals surface area contributed by atoms with E-state index >= 15 is 0 Å². The van der Waals surface area contributed by atoms with E-state index in [1.807, 2.05) is 0 Å². The van der Waals surface area contributed by atoms with Crippen LogP contribution in [0, 0.1) is 11.3 Å². The van der Waals surface area contributed by atoms with Gasteiger partial charge in [0.1, 0.15) is 0 Å². The molecule has 0 bridgehead atoms. The molecule has 1 rings (SSSR count). The summed E-state index contributed by atoms with van der Waals surface area (Å²) in [5.74, 6) is 0.973. The highest BCUT2D eigenvalue weighted by Crippen LogP contribution is 2.45. The Kier molecular flexibility index (Phi) is 4.24. The first-order valence-electron chi connectivity index (χ1n) is 5.96. The third-order valence-electron chi connectivity index (χ3n) is 3.88. The Hall–Kier alpha value is -0.0400. The molecule has 0 saturated heterocycles. The van der Waals surface area contributed by atoms with Gasteiger partial charge in [0.2, 0.25) is 0 Å². The fourth-order valence-corrected chi connectivity index (χ4v) is 2.74. The van der Waals surface area contributed by atoms with Gasteiger partial charge in [-0.3, -0.25) is 0 Å². The SMILES string of the molecule is CCCCC1(CN)CCC(CC)C1. The van der Waals surface area contributed by atoms with Gasteiger partial charge >= 0.3 is 0 Å². The minimum Gasteiger partial charge on any atom is -0.330 e. The molecule has 1 saturated carbocycles. The highest BCUT2D eigenvalue weighted by molar-refractivity contribution is 4.89. The summed E-state index contributed by atoms with van der Waals surface area (Å²) in [6.07, 6.45) is 9.63. The zero-order chi connectivity index (χ0) is 9.73. The van der Waals surface area contributed by atoms with Crippen LogP contribution in [0.15, 0.2) is 0 Å². The highest BCUT2D eigenvalue weighted by atomic mass is 14.6. The summed E-state index contributed by atoms with van der Waals surface area (Å²) in [7, 11) is 0. The van der Waals surface area contributed by atoms with Crippen LogP contribution in [0.4, 0.5) is 0 Å². The summed E-state index contributed by atoms with van der Waals surface area (Å²) >= 11 is 0. The molecule has 0 aromatic heterocycles. The second-order valence-corrected chi connectivity index (χ2v) is 4.82. The van der Waals surface area contributed by atoms with Crippen LogP contribution in [0.2, 0.25) is 0 Å². The van der Waals surface area contributed by atoms with Crippen molar-refractivity contribution in [3.8, 4) is 0 Å². The van der Waals surface area contributed by atoms with Gasteiger partial charge in [-0.2, -0.15) is 0 Å². The fraction of sp³-hybridized carbons (Fsp3) is 1.00. The first kappa shape index (κ1) is 11.0. The molecule has 1 heteroatoms. The van der Waals surface area contributed by atoms with Crippen molar-refractivity contribution in [3.63, 3.8) is 0 Å². The van der Waals surface area contributed by atoms with E-state index in [0.29, 0.717) is 5.41 Å². The maximum Gasteiger partial charge on any atom is -0.00204 e. The Balaban J connectivity index is 2.42. The zero-order valence-corrected chi connectivity index (χ0v) is 9.31. The largest absolute Gasteiger partial charge is 0.330 e. The molecule has 0 heterocycles. The lowest BCUT2D eigenvalue weighted by Crippen LogP contribution is -2.27. The third kappa shape index (κ3) is 2.70. The molecule has 1 nitrogen and oxygen atoms in total. The topological polar surface area (TPSA) is 26.0 Å². The summed E-state index contributed by atoms with van der Waals surface area (Å²) < 4.78 is 0. The highest BCUT2D eigenvalue weighted by Gasteiger charge is 2.36. The van der Waals surface area contributed by atoms with Gasteiger partial charge < -0.3 is 5.73 Å². The van der Waals surface area contributed by atoms with E-state index in [-0.39, 0.29) is 0 Å². The Morgan fingerprint density at radius 2 is 2.15 bits per heavy atom. The van der Waals surface area contributed by atoms with Crippen molar-refractivity contribution in [1.82, 2.24) is 0 Å². The molecule has 2 atom stereocenters. The molecule has 2 unspecified atom stereocenters. The maximum absolute atomic E-state index is 5.93. The van der Waals surface area contributed by atoms with Gasteiger partial charge in [0, 0.05) is 0 Å². The van der Waals surface area contributed by atoms with E-state index in [9.17, 15) is 0 Å². The first-order valence-corrected chi connectivity index (χ1v) is 5.96. The maximum atomic E-state index is 5.93. The lowest BCUT2D eigenvalue weighted by atomic mass is 9.80. The van der Waals surface area contributed by atoms with Crippen molar-refractivity contribution in [1.29, 1.82) is 0 Å². The summed E-state index contributed by atoms with van der Waals surface area (Å²) in [6, 6.07) is 0. The van der Waals surface area contributed by atoms with Crippen molar-refractivity contribution in [2.24, 2.45) is 17.1 Å².